The molecule has 0 bridgehead atoms. The summed E-state index contributed by atoms with van der Waals surface area (Å²) in [4.78, 5) is 18.3. The van der Waals surface area contributed by atoms with Gasteiger partial charge < -0.3 is 5.11 Å². The molecule has 138 valence electrons. The van der Waals surface area contributed by atoms with E-state index in [2.05, 4.69) is 56.1 Å². The minimum absolute atomic E-state index is 0.0959. The molecule has 3 aromatic rings. The SMILES string of the molecule is O=C(O)C1CCCCN1C(c1cccc(Br)c1)c1ccc2cnccc2c1. The summed E-state index contributed by atoms with van der Waals surface area (Å²) >= 11 is 3.57. The molecular weight excluding hydrogens is 404 g/mol. The van der Waals surface area contributed by atoms with Crippen molar-refractivity contribution in [3.63, 3.8) is 0 Å². The summed E-state index contributed by atoms with van der Waals surface area (Å²) in [7, 11) is 0. The molecule has 4 nitrogen and oxygen atoms in total. The highest BCUT2D eigenvalue weighted by molar-refractivity contribution is 9.10. The van der Waals surface area contributed by atoms with Gasteiger partial charge in [0.15, 0.2) is 0 Å². The molecule has 1 saturated heterocycles. The average Bonchev–Trinajstić information content (AvgIpc) is 2.68. The number of nitrogens with zero attached hydrogens (tertiary/aromatic N) is 2. The highest BCUT2D eigenvalue weighted by Gasteiger charge is 2.35. The fourth-order valence-corrected chi connectivity index (χ4v) is 4.47. The monoisotopic (exact) mass is 424 g/mol. The van der Waals surface area contributed by atoms with Gasteiger partial charge in [-0.3, -0.25) is 14.7 Å². The Morgan fingerprint density at radius 1 is 1.11 bits per heavy atom. The van der Waals surface area contributed by atoms with Crippen molar-refractivity contribution < 1.29 is 9.90 Å². The lowest BCUT2D eigenvalue weighted by Crippen LogP contribution is -2.46. The summed E-state index contributed by atoms with van der Waals surface area (Å²) < 4.78 is 0.999. The van der Waals surface area contributed by atoms with E-state index in [1.54, 1.807) is 6.20 Å². The van der Waals surface area contributed by atoms with Crippen molar-refractivity contribution in [2.24, 2.45) is 0 Å². The van der Waals surface area contributed by atoms with Crippen molar-refractivity contribution in [1.82, 2.24) is 9.88 Å². The van der Waals surface area contributed by atoms with Crippen LogP contribution in [-0.4, -0.2) is 33.5 Å². The van der Waals surface area contributed by atoms with Crippen LogP contribution in [0.25, 0.3) is 10.8 Å². The van der Waals surface area contributed by atoms with E-state index >= 15 is 0 Å². The molecule has 0 saturated carbocycles. The van der Waals surface area contributed by atoms with Crippen LogP contribution in [0, 0.1) is 0 Å². The van der Waals surface area contributed by atoms with Gasteiger partial charge in [0, 0.05) is 22.3 Å². The highest BCUT2D eigenvalue weighted by atomic mass is 79.9. The van der Waals surface area contributed by atoms with Gasteiger partial charge in [0.05, 0.1) is 6.04 Å². The Morgan fingerprint density at radius 2 is 1.96 bits per heavy atom. The predicted molar refractivity (Wildman–Crippen MR) is 110 cm³/mol. The second kappa shape index (κ2) is 7.79. The molecule has 2 heterocycles. The molecule has 1 aliphatic rings. The van der Waals surface area contributed by atoms with Gasteiger partial charge in [-0.25, -0.2) is 0 Å². The first kappa shape index (κ1) is 18.1. The minimum Gasteiger partial charge on any atom is -0.480 e. The summed E-state index contributed by atoms with van der Waals surface area (Å²) in [5.74, 6) is -0.736. The Bertz CT molecular complexity index is 975. The maximum absolute atomic E-state index is 12.0. The molecule has 0 radical (unpaired) electrons. The van der Waals surface area contributed by atoms with Crippen LogP contribution in [0.3, 0.4) is 0 Å². The van der Waals surface area contributed by atoms with Gasteiger partial charge in [-0.2, -0.15) is 0 Å². The lowest BCUT2D eigenvalue weighted by molar-refractivity contribution is -0.145. The molecule has 5 heteroatoms. The van der Waals surface area contributed by atoms with Crippen molar-refractivity contribution in [3.8, 4) is 0 Å². The van der Waals surface area contributed by atoms with E-state index in [-0.39, 0.29) is 6.04 Å². The second-order valence-electron chi connectivity index (χ2n) is 7.03. The van der Waals surface area contributed by atoms with Crippen molar-refractivity contribution in [1.29, 1.82) is 0 Å². The Balaban J connectivity index is 1.85. The van der Waals surface area contributed by atoms with Crippen LogP contribution >= 0.6 is 15.9 Å². The van der Waals surface area contributed by atoms with Crippen LogP contribution in [0.1, 0.15) is 36.4 Å². The lowest BCUT2D eigenvalue weighted by atomic mass is 9.91. The molecule has 2 unspecified atom stereocenters. The van der Waals surface area contributed by atoms with Crippen LogP contribution in [0.4, 0.5) is 0 Å². The zero-order valence-corrected chi connectivity index (χ0v) is 16.5. The maximum atomic E-state index is 12.0. The first-order chi connectivity index (χ1) is 13.1. The molecular formula is C22H21BrN2O2. The maximum Gasteiger partial charge on any atom is 0.320 e. The number of rotatable bonds is 4. The largest absolute Gasteiger partial charge is 0.480 e. The van der Waals surface area contributed by atoms with E-state index < -0.39 is 12.0 Å². The van der Waals surface area contributed by atoms with Gasteiger partial charge in [0.1, 0.15) is 6.04 Å². The van der Waals surface area contributed by atoms with Crippen LogP contribution in [0.15, 0.2) is 65.4 Å². The van der Waals surface area contributed by atoms with Gasteiger partial charge in [-0.15, -0.1) is 0 Å². The number of piperidine rings is 1. The van der Waals surface area contributed by atoms with Crippen molar-refractivity contribution in [2.45, 2.75) is 31.3 Å². The molecule has 1 aromatic heterocycles. The summed E-state index contributed by atoms with van der Waals surface area (Å²) in [6.07, 6.45) is 6.32. The molecule has 27 heavy (non-hydrogen) atoms. The standard InChI is InChI=1S/C22H21BrN2O2/c23-19-5-3-4-16(13-19)21(25-11-2-1-6-20(25)22(26)27)17-7-8-18-14-24-10-9-15(18)12-17/h3-5,7-10,12-14,20-21H,1-2,6,11H2,(H,26,27). The quantitative estimate of drug-likeness (QED) is 0.638. The van der Waals surface area contributed by atoms with E-state index in [1.165, 1.54) is 0 Å². The zero-order valence-electron chi connectivity index (χ0n) is 14.9. The Labute approximate surface area is 167 Å². The first-order valence-corrected chi connectivity index (χ1v) is 10.0. The van der Waals surface area contributed by atoms with Gasteiger partial charge in [-0.05, 0) is 60.2 Å². The van der Waals surface area contributed by atoms with E-state index in [9.17, 15) is 9.90 Å². The summed E-state index contributed by atoms with van der Waals surface area (Å²) in [5, 5.41) is 12.0. The topological polar surface area (TPSA) is 53.4 Å². The third-order valence-electron chi connectivity index (χ3n) is 5.31. The molecule has 1 N–H and O–H groups in total. The number of carboxylic acid groups (broad SMARTS) is 1. The predicted octanol–water partition coefficient (Wildman–Crippen LogP) is 5.03. The first-order valence-electron chi connectivity index (χ1n) is 9.21. The lowest BCUT2D eigenvalue weighted by Gasteiger charge is -2.39. The second-order valence-corrected chi connectivity index (χ2v) is 7.94. The van der Waals surface area contributed by atoms with E-state index in [4.69, 9.17) is 0 Å². The number of aliphatic carboxylic acids is 1. The van der Waals surface area contributed by atoms with Gasteiger partial charge in [0.2, 0.25) is 0 Å². The van der Waals surface area contributed by atoms with Gasteiger partial charge in [-0.1, -0.05) is 46.6 Å². The molecule has 1 aliphatic heterocycles. The third-order valence-corrected chi connectivity index (χ3v) is 5.80. The molecule has 0 spiro atoms. The Kier molecular flexibility index (Phi) is 5.23. The number of hydrogen-bond acceptors (Lipinski definition) is 3. The van der Waals surface area contributed by atoms with Crippen LogP contribution in [-0.2, 0) is 4.79 Å². The third kappa shape index (κ3) is 3.75. The summed E-state index contributed by atoms with van der Waals surface area (Å²) in [5.41, 5.74) is 2.21. The van der Waals surface area contributed by atoms with Crippen LogP contribution < -0.4 is 0 Å². The average molecular weight is 425 g/mol. The summed E-state index contributed by atoms with van der Waals surface area (Å²) in [6, 6.07) is 16.0. The van der Waals surface area contributed by atoms with Gasteiger partial charge in [0.25, 0.3) is 0 Å². The molecule has 2 aromatic carbocycles. The summed E-state index contributed by atoms with van der Waals surface area (Å²) in [6.45, 7) is 0.780. The number of hydrogen-bond donors (Lipinski definition) is 1. The number of fused-ring (bicyclic) bond motifs is 1. The number of carboxylic acids is 1. The van der Waals surface area contributed by atoms with E-state index in [0.29, 0.717) is 6.42 Å². The number of pyridine rings is 1. The van der Waals surface area contributed by atoms with Crippen molar-refractivity contribution in [2.75, 3.05) is 6.54 Å². The number of likely N-dealkylation sites (tertiary alicyclic amines) is 1. The molecule has 0 amide bonds. The minimum atomic E-state index is -0.736. The number of benzene rings is 2. The zero-order chi connectivity index (χ0) is 18.8. The highest BCUT2D eigenvalue weighted by Crippen LogP contribution is 2.36. The van der Waals surface area contributed by atoms with Crippen molar-refractivity contribution >= 4 is 32.7 Å². The fraction of sp³-hybridized carbons (Fsp3) is 0.273. The normalized spacial score (nSPS) is 19.1. The van der Waals surface area contributed by atoms with Crippen molar-refractivity contribution in [3.05, 3.63) is 76.5 Å². The molecule has 1 fully saturated rings. The Hall–Kier alpha value is -2.24. The molecule has 2 atom stereocenters. The number of carbonyl (C=O) groups is 1. The van der Waals surface area contributed by atoms with Crippen LogP contribution in [0.2, 0.25) is 0 Å². The number of aromatic nitrogens is 1. The fourth-order valence-electron chi connectivity index (χ4n) is 4.05. The Morgan fingerprint density at radius 3 is 2.78 bits per heavy atom. The van der Waals surface area contributed by atoms with Gasteiger partial charge >= 0.3 is 5.97 Å². The van der Waals surface area contributed by atoms with E-state index in [1.807, 2.05) is 24.4 Å². The molecule has 4 rings (SSSR count). The molecule has 0 aliphatic carbocycles. The smallest absolute Gasteiger partial charge is 0.320 e. The van der Waals surface area contributed by atoms with Crippen LogP contribution in [0.5, 0.6) is 0 Å². The van der Waals surface area contributed by atoms with E-state index in [0.717, 1.165) is 45.8 Å². The number of halogens is 1.